The van der Waals surface area contributed by atoms with Crippen molar-refractivity contribution in [2.24, 2.45) is 5.73 Å². The van der Waals surface area contributed by atoms with Crippen LogP contribution in [-0.2, 0) is 11.3 Å². The van der Waals surface area contributed by atoms with Gasteiger partial charge >= 0.3 is 0 Å². The number of hydrogen-bond acceptors (Lipinski definition) is 3. The molecule has 0 bridgehead atoms. The van der Waals surface area contributed by atoms with E-state index in [1.54, 1.807) is 32.3 Å². The highest BCUT2D eigenvalue weighted by Crippen LogP contribution is 2.15. The molecule has 0 atom stereocenters. The number of carbonyl (C=O) groups excluding carboxylic acids is 1. The van der Waals surface area contributed by atoms with Gasteiger partial charge in [0.1, 0.15) is 10.8 Å². The Morgan fingerprint density at radius 1 is 1.38 bits per heavy atom. The molecular formula is C15H22FN3OS. The molecular weight excluding hydrogens is 289 g/mol. The van der Waals surface area contributed by atoms with Gasteiger partial charge < -0.3 is 10.6 Å². The summed E-state index contributed by atoms with van der Waals surface area (Å²) in [6.07, 6.45) is 0.886. The lowest BCUT2D eigenvalue weighted by molar-refractivity contribution is -0.130. The average molecular weight is 311 g/mol. The van der Waals surface area contributed by atoms with Gasteiger partial charge in [0.15, 0.2) is 0 Å². The number of nitrogens with two attached hydrogens (primary N) is 1. The fourth-order valence-electron chi connectivity index (χ4n) is 2.00. The molecule has 0 aliphatic rings. The number of nitrogens with zero attached hydrogens (tertiary/aromatic N) is 2. The van der Waals surface area contributed by atoms with Crippen LogP contribution in [0.2, 0.25) is 0 Å². The molecule has 1 aromatic rings. The van der Waals surface area contributed by atoms with Crippen LogP contribution in [0.1, 0.15) is 24.5 Å². The summed E-state index contributed by atoms with van der Waals surface area (Å²) in [6, 6.07) is 4.99. The second-order valence-electron chi connectivity index (χ2n) is 5.14. The topological polar surface area (TPSA) is 49.6 Å². The van der Waals surface area contributed by atoms with Gasteiger partial charge in [-0.2, -0.15) is 0 Å². The van der Waals surface area contributed by atoms with E-state index in [9.17, 15) is 9.18 Å². The Bertz CT molecular complexity index is 520. The number of benzene rings is 1. The van der Waals surface area contributed by atoms with E-state index < -0.39 is 5.82 Å². The van der Waals surface area contributed by atoms with Crippen LogP contribution in [0.3, 0.4) is 0 Å². The predicted molar refractivity (Wildman–Crippen MR) is 86.5 cm³/mol. The molecule has 116 valence electrons. The molecule has 0 saturated carbocycles. The molecule has 0 aliphatic heterocycles. The summed E-state index contributed by atoms with van der Waals surface area (Å²) in [5.74, 6) is -0.405. The average Bonchev–Trinajstić information content (AvgIpc) is 2.40. The van der Waals surface area contributed by atoms with Gasteiger partial charge in [0.25, 0.3) is 0 Å². The van der Waals surface area contributed by atoms with E-state index in [4.69, 9.17) is 18.0 Å². The van der Waals surface area contributed by atoms with E-state index in [1.807, 2.05) is 11.8 Å². The van der Waals surface area contributed by atoms with Crippen molar-refractivity contribution in [2.75, 3.05) is 27.2 Å². The van der Waals surface area contributed by atoms with Crippen LogP contribution < -0.4 is 5.73 Å². The van der Waals surface area contributed by atoms with E-state index in [2.05, 4.69) is 0 Å². The maximum Gasteiger partial charge on any atom is 0.236 e. The smallest absolute Gasteiger partial charge is 0.236 e. The highest BCUT2D eigenvalue weighted by Gasteiger charge is 2.16. The summed E-state index contributed by atoms with van der Waals surface area (Å²) in [5, 5.41) is 0. The highest BCUT2D eigenvalue weighted by molar-refractivity contribution is 7.80. The maximum atomic E-state index is 14.3. The lowest BCUT2D eigenvalue weighted by atomic mass is 10.1. The molecule has 21 heavy (non-hydrogen) atoms. The van der Waals surface area contributed by atoms with Crippen molar-refractivity contribution >= 4 is 23.1 Å². The summed E-state index contributed by atoms with van der Waals surface area (Å²) in [7, 11) is 3.42. The van der Waals surface area contributed by atoms with Crippen LogP contribution in [0, 0.1) is 5.82 Å². The van der Waals surface area contributed by atoms with Crippen molar-refractivity contribution in [3.05, 3.63) is 35.1 Å². The zero-order valence-electron chi connectivity index (χ0n) is 12.7. The second-order valence-corrected chi connectivity index (χ2v) is 5.58. The summed E-state index contributed by atoms with van der Waals surface area (Å²) in [4.78, 5) is 15.3. The Balaban J connectivity index is 2.91. The molecule has 1 rings (SSSR count). The van der Waals surface area contributed by atoms with E-state index >= 15 is 0 Å². The zero-order valence-corrected chi connectivity index (χ0v) is 13.5. The van der Waals surface area contributed by atoms with Gasteiger partial charge in [-0.3, -0.25) is 9.69 Å². The SMILES string of the molecule is CCCN(CC(=O)N(C)C)Cc1cccc(C(N)=S)c1F. The standard InChI is InChI=1S/C15H22FN3OS/c1-4-8-19(10-13(20)18(2)3)9-11-6-5-7-12(14(11)16)15(17)21/h5-7H,4,8-10H2,1-3H3,(H2,17,21). The molecule has 1 amide bonds. The summed E-state index contributed by atoms with van der Waals surface area (Å²) < 4.78 is 14.3. The molecule has 6 heteroatoms. The highest BCUT2D eigenvalue weighted by atomic mass is 32.1. The zero-order chi connectivity index (χ0) is 16.0. The van der Waals surface area contributed by atoms with Gasteiger partial charge in [-0.05, 0) is 19.0 Å². The van der Waals surface area contributed by atoms with Crippen LogP contribution in [-0.4, -0.2) is 47.9 Å². The lowest BCUT2D eigenvalue weighted by Gasteiger charge is -2.23. The van der Waals surface area contributed by atoms with Crippen LogP contribution in [0.25, 0.3) is 0 Å². The summed E-state index contributed by atoms with van der Waals surface area (Å²) >= 11 is 4.84. The fraction of sp³-hybridized carbons (Fsp3) is 0.467. The minimum absolute atomic E-state index is 0.00522. The van der Waals surface area contributed by atoms with E-state index in [0.29, 0.717) is 12.1 Å². The minimum atomic E-state index is -0.400. The van der Waals surface area contributed by atoms with Crippen molar-refractivity contribution in [3.8, 4) is 0 Å². The van der Waals surface area contributed by atoms with E-state index in [1.165, 1.54) is 4.90 Å². The lowest BCUT2D eigenvalue weighted by Crippen LogP contribution is -2.37. The third-order valence-electron chi connectivity index (χ3n) is 3.14. The molecule has 0 unspecified atom stereocenters. The number of rotatable bonds is 7. The van der Waals surface area contributed by atoms with Crippen LogP contribution in [0.4, 0.5) is 4.39 Å². The Morgan fingerprint density at radius 2 is 2.05 bits per heavy atom. The molecule has 0 radical (unpaired) electrons. The monoisotopic (exact) mass is 311 g/mol. The molecule has 1 aromatic carbocycles. The molecule has 2 N–H and O–H groups in total. The first-order chi connectivity index (χ1) is 9.86. The van der Waals surface area contributed by atoms with Crippen LogP contribution >= 0.6 is 12.2 Å². The Hall–Kier alpha value is -1.53. The molecule has 0 saturated heterocycles. The first-order valence-corrected chi connectivity index (χ1v) is 7.27. The van der Waals surface area contributed by atoms with Gasteiger partial charge in [0.2, 0.25) is 5.91 Å². The van der Waals surface area contributed by atoms with Crippen LogP contribution in [0.15, 0.2) is 18.2 Å². The molecule has 0 aliphatic carbocycles. The largest absolute Gasteiger partial charge is 0.389 e. The van der Waals surface area contributed by atoms with Crippen molar-refractivity contribution in [3.63, 3.8) is 0 Å². The summed E-state index contributed by atoms with van der Waals surface area (Å²) in [6.45, 7) is 3.36. The van der Waals surface area contributed by atoms with Gasteiger partial charge in [-0.25, -0.2) is 4.39 Å². The quantitative estimate of drug-likeness (QED) is 0.780. The second kappa shape index (κ2) is 8.05. The third-order valence-corrected chi connectivity index (χ3v) is 3.36. The summed E-state index contributed by atoms with van der Waals surface area (Å²) in [5.41, 5.74) is 6.26. The van der Waals surface area contributed by atoms with Gasteiger partial charge in [-0.15, -0.1) is 0 Å². The van der Waals surface area contributed by atoms with Gasteiger partial charge in [-0.1, -0.05) is 31.3 Å². The van der Waals surface area contributed by atoms with Crippen molar-refractivity contribution in [1.82, 2.24) is 9.80 Å². The molecule has 0 heterocycles. The van der Waals surface area contributed by atoms with E-state index in [-0.39, 0.29) is 23.0 Å². The van der Waals surface area contributed by atoms with Crippen LogP contribution in [0.5, 0.6) is 0 Å². The first kappa shape index (κ1) is 17.5. The van der Waals surface area contributed by atoms with Crippen molar-refractivity contribution in [2.45, 2.75) is 19.9 Å². The minimum Gasteiger partial charge on any atom is -0.389 e. The predicted octanol–water partition coefficient (Wildman–Crippen LogP) is 1.76. The number of carbonyl (C=O) groups is 1. The number of amides is 1. The molecule has 0 fully saturated rings. The normalized spacial score (nSPS) is 10.7. The molecule has 0 spiro atoms. The maximum absolute atomic E-state index is 14.3. The van der Waals surface area contributed by atoms with Crippen molar-refractivity contribution < 1.29 is 9.18 Å². The Kier molecular flexibility index (Phi) is 6.71. The number of thiocarbonyl (C=S) groups is 1. The van der Waals surface area contributed by atoms with E-state index in [0.717, 1.165) is 13.0 Å². The molecule has 4 nitrogen and oxygen atoms in total. The van der Waals surface area contributed by atoms with Gasteiger partial charge in [0.05, 0.1) is 6.54 Å². The number of halogens is 1. The van der Waals surface area contributed by atoms with Crippen molar-refractivity contribution in [1.29, 1.82) is 0 Å². The Morgan fingerprint density at radius 3 is 2.57 bits per heavy atom. The fourth-order valence-corrected chi connectivity index (χ4v) is 2.15. The Labute approximate surface area is 130 Å². The molecule has 0 aromatic heterocycles. The van der Waals surface area contributed by atoms with Gasteiger partial charge in [0, 0.05) is 31.8 Å². The number of hydrogen-bond donors (Lipinski definition) is 1. The third kappa shape index (κ3) is 5.06. The number of likely N-dealkylation sites (N-methyl/N-ethyl adjacent to an activating group) is 1. The first-order valence-electron chi connectivity index (χ1n) is 6.86.